The molecule has 0 aliphatic heterocycles. The van der Waals surface area contributed by atoms with Crippen molar-refractivity contribution < 1.29 is 14.3 Å². The molecule has 1 aliphatic carbocycles. The standard InChI is InChI=1S/C12H12ClFO2/c1-12(2)9(10(12)11(15)16)7-5-6(13)3-4-8(7)14/h3-5,9-10H,1-2H3,(H,15,16). The van der Waals surface area contributed by atoms with Crippen LogP contribution in [0.4, 0.5) is 4.39 Å². The van der Waals surface area contributed by atoms with E-state index in [1.54, 1.807) is 0 Å². The topological polar surface area (TPSA) is 37.3 Å². The van der Waals surface area contributed by atoms with Gasteiger partial charge >= 0.3 is 5.97 Å². The molecular formula is C12H12ClFO2. The molecule has 2 nitrogen and oxygen atoms in total. The lowest BCUT2D eigenvalue weighted by Crippen LogP contribution is -2.03. The van der Waals surface area contributed by atoms with Gasteiger partial charge in [0.1, 0.15) is 5.82 Å². The molecule has 1 N–H and O–H groups in total. The Labute approximate surface area is 98.0 Å². The number of carboxylic acids is 1. The van der Waals surface area contributed by atoms with Gasteiger partial charge in [0.25, 0.3) is 0 Å². The fourth-order valence-corrected chi connectivity index (χ4v) is 2.61. The molecule has 0 saturated heterocycles. The van der Waals surface area contributed by atoms with Crippen LogP contribution in [-0.4, -0.2) is 11.1 Å². The molecular weight excluding hydrogens is 231 g/mol. The molecule has 2 atom stereocenters. The van der Waals surface area contributed by atoms with Crippen LogP contribution >= 0.6 is 11.6 Å². The first-order chi connectivity index (χ1) is 7.35. The summed E-state index contributed by atoms with van der Waals surface area (Å²) >= 11 is 5.79. The van der Waals surface area contributed by atoms with Gasteiger partial charge in [0, 0.05) is 10.9 Å². The monoisotopic (exact) mass is 242 g/mol. The van der Waals surface area contributed by atoms with Gasteiger partial charge < -0.3 is 5.11 Å². The lowest BCUT2D eigenvalue weighted by Gasteiger charge is -2.04. The van der Waals surface area contributed by atoms with E-state index < -0.39 is 17.3 Å². The molecule has 0 radical (unpaired) electrons. The number of halogens is 2. The number of carbonyl (C=O) groups is 1. The van der Waals surface area contributed by atoms with E-state index in [-0.39, 0.29) is 11.7 Å². The molecule has 2 rings (SSSR count). The summed E-state index contributed by atoms with van der Waals surface area (Å²) in [6, 6.07) is 4.27. The summed E-state index contributed by atoms with van der Waals surface area (Å²) in [4.78, 5) is 11.0. The Morgan fingerprint density at radius 3 is 2.62 bits per heavy atom. The first-order valence-electron chi connectivity index (χ1n) is 5.03. The highest BCUT2D eigenvalue weighted by Crippen LogP contribution is 2.64. The predicted octanol–water partition coefficient (Wildman–Crippen LogP) is 3.30. The molecule has 0 bridgehead atoms. The molecule has 1 fully saturated rings. The number of carboxylic acid groups (broad SMARTS) is 1. The average Bonchev–Trinajstić information content (AvgIpc) is 2.73. The van der Waals surface area contributed by atoms with Crippen molar-refractivity contribution in [2.75, 3.05) is 0 Å². The van der Waals surface area contributed by atoms with E-state index in [1.807, 2.05) is 13.8 Å². The van der Waals surface area contributed by atoms with E-state index in [2.05, 4.69) is 0 Å². The molecule has 1 saturated carbocycles. The summed E-state index contributed by atoms with van der Waals surface area (Å²) in [7, 11) is 0. The first-order valence-corrected chi connectivity index (χ1v) is 5.41. The summed E-state index contributed by atoms with van der Waals surface area (Å²) in [6.07, 6.45) is 0. The Kier molecular flexibility index (Phi) is 2.46. The molecule has 0 heterocycles. The summed E-state index contributed by atoms with van der Waals surface area (Å²) in [5.74, 6) is -2.08. The lowest BCUT2D eigenvalue weighted by molar-refractivity contribution is -0.139. The van der Waals surface area contributed by atoms with Crippen LogP contribution in [0.3, 0.4) is 0 Å². The first kappa shape index (κ1) is 11.4. The molecule has 2 unspecified atom stereocenters. The average molecular weight is 243 g/mol. The van der Waals surface area contributed by atoms with Gasteiger partial charge in [-0.05, 0) is 29.2 Å². The second-order valence-corrected chi connectivity index (χ2v) is 5.22. The van der Waals surface area contributed by atoms with Crippen molar-refractivity contribution in [3.05, 3.63) is 34.6 Å². The van der Waals surface area contributed by atoms with E-state index in [0.29, 0.717) is 10.6 Å². The van der Waals surface area contributed by atoms with E-state index in [1.165, 1.54) is 18.2 Å². The molecule has 0 amide bonds. The van der Waals surface area contributed by atoms with Gasteiger partial charge in [0.2, 0.25) is 0 Å². The highest BCUT2D eigenvalue weighted by atomic mass is 35.5. The smallest absolute Gasteiger partial charge is 0.307 e. The Morgan fingerprint density at radius 1 is 1.50 bits per heavy atom. The zero-order valence-electron chi connectivity index (χ0n) is 9.00. The molecule has 0 aromatic heterocycles. The third-order valence-electron chi connectivity index (χ3n) is 3.39. The van der Waals surface area contributed by atoms with Gasteiger partial charge in [-0.1, -0.05) is 25.4 Å². The minimum absolute atomic E-state index is 0.288. The Hall–Kier alpha value is -1.09. The van der Waals surface area contributed by atoms with Crippen molar-refractivity contribution in [2.24, 2.45) is 11.3 Å². The van der Waals surface area contributed by atoms with Crippen molar-refractivity contribution in [3.8, 4) is 0 Å². The fraction of sp³-hybridized carbons (Fsp3) is 0.417. The van der Waals surface area contributed by atoms with E-state index >= 15 is 0 Å². The number of hydrogen-bond donors (Lipinski definition) is 1. The SMILES string of the molecule is CC1(C)C(C(=O)O)C1c1cc(Cl)ccc1F. The van der Waals surface area contributed by atoms with Gasteiger partial charge in [0.05, 0.1) is 5.92 Å². The summed E-state index contributed by atoms with van der Waals surface area (Å²) in [5, 5.41) is 9.46. The maximum Gasteiger partial charge on any atom is 0.307 e. The van der Waals surface area contributed by atoms with Crippen LogP contribution in [-0.2, 0) is 4.79 Å². The molecule has 4 heteroatoms. The Morgan fingerprint density at radius 2 is 2.12 bits per heavy atom. The predicted molar refractivity (Wildman–Crippen MR) is 59.1 cm³/mol. The van der Waals surface area contributed by atoms with E-state index in [4.69, 9.17) is 16.7 Å². The zero-order valence-corrected chi connectivity index (χ0v) is 9.75. The van der Waals surface area contributed by atoms with E-state index in [9.17, 15) is 9.18 Å². The van der Waals surface area contributed by atoms with Gasteiger partial charge in [-0.25, -0.2) is 4.39 Å². The Bertz CT molecular complexity index is 456. The summed E-state index contributed by atoms with van der Waals surface area (Å²) in [6.45, 7) is 3.66. The zero-order chi connectivity index (χ0) is 12.1. The van der Waals surface area contributed by atoms with Crippen molar-refractivity contribution in [1.82, 2.24) is 0 Å². The lowest BCUT2D eigenvalue weighted by atomic mass is 10.0. The third kappa shape index (κ3) is 1.59. The Balaban J connectivity index is 2.40. The van der Waals surface area contributed by atoms with Crippen LogP contribution in [0.2, 0.25) is 5.02 Å². The fourth-order valence-electron chi connectivity index (χ4n) is 2.43. The van der Waals surface area contributed by atoms with Gasteiger partial charge in [-0.15, -0.1) is 0 Å². The molecule has 16 heavy (non-hydrogen) atoms. The van der Waals surface area contributed by atoms with Crippen molar-refractivity contribution in [1.29, 1.82) is 0 Å². The van der Waals surface area contributed by atoms with Gasteiger partial charge in [0.15, 0.2) is 0 Å². The van der Waals surface area contributed by atoms with Crippen molar-refractivity contribution in [2.45, 2.75) is 19.8 Å². The van der Waals surface area contributed by atoms with Crippen molar-refractivity contribution in [3.63, 3.8) is 0 Å². The highest BCUT2D eigenvalue weighted by molar-refractivity contribution is 6.30. The number of rotatable bonds is 2. The maximum absolute atomic E-state index is 13.6. The number of aliphatic carboxylic acids is 1. The number of hydrogen-bond acceptors (Lipinski definition) is 1. The molecule has 1 aromatic carbocycles. The van der Waals surface area contributed by atoms with Gasteiger partial charge in [-0.2, -0.15) is 0 Å². The van der Waals surface area contributed by atoms with Crippen LogP contribution in [0.5, 0.6) is 0 Å². The minimum atomic E-state index is -0.880. The number of benzene rings is 1. The minimum Gasteiger partial charge on any atom is -0.481 e. The summed E-state index contributed by atoms with van der Waals surface area (Å²) in [5.41, 5.74) is 0.00191. The van der Waals surface area contributed by atoms with Gasteiger partial charge in [-0.3, -0.25) is 4.79 Å². The summed E-state index contributed by atoms with van der Waals surface area (Å²) < 4.78 is 13.6. The quantitative estimate of drug-likeness (QED) is 0.864. The maximum atomic E-state index is 13.6. The third-order valence-corrected chi connectivity index (χ3v) is 3.62. The van der Waals surface area contributed by atoms with Crippen LogP contribution in [0, 0.1) is 17.2 Å². The molecule has 86 valence electrons. The van der Waals surface area contributed by atoms with Crippen LogP contribution in [0.15, 0.2) is 18.2 Å². The molecule has 0 spiro atoms. The second-order valence-electron chi connectivity index (χ2n) is 4.78. The molecule has 1 aliphatic rings. The second kappa shape index (κ2) is 3.45. The highest BCUT2D eigenvalue weighted by Gasteiger charge is 2.63. The van der Waals surface area contributed by atoms with Crippen LogP contribution < -0.4 is 0 Å². The van der Waals surface area contributed by atoms with Crippen LogP contribution in [0.25, 0.3) is 0 Å². The van der Waals surface area contributed by atoms with E-state index in [0.717, 1.165) is 0 Å². The van der Waals surface area contributed by atoms with Crippen LogP contribution in [0.1, 0.15) is 25.3 Å². The largest absolute Gasteiger partial charge is 0.481 e. The molecule has 1 aromatic rings. The van der Waals surface area contributed by atoms with Crippen molar-refractivity contribution >= 4 is 17.6 Å². The normalized spacial score (nSPS) is 26.5.